The van der Waals surface area contributed by atoms with Crippen LogP contribution >= 0.6 is 0 Å². The third-order valence-electron chi connectivity index (χ3n) is 3.76. The van der Waals surface area contributed by atoms with Crippen molar-refractivity contribution in [3.8, 4) is 11.3 Å². The van der Waals surface area contributed by atoms with E-state index in [2.05, 4.69) is 28.5 Å². The number of rotatable bonds is 3. The fourth-order valence-corrected chi connectivity index (χ4v) is 2.71. The lowest BCUT2D eigenvalue weighted by Crippen LogP contribution is -2.05. The first-order valence-corrected chi connectivity index (χ1v) is 6.73. The van der Waals surface area contributed by atoms with Crippen molar-refractivity contribution in [2.75, 3.05) is 12.4 Å². The summed E-state index contributed by atoms with van der Waals surface area (Å²) in [6.07, 6.45) is 3.49. The van der Waals surface area contributed by atoms with Crippen LogP contribution in [0.25, 0.3) is 11.3 Å². The van der Waals surface area contributed by atoms with Crippen LogP contribution in [-0.4, -0.2) is 23.1 Å². The fourth-order valence-electron chi connectivity index (χ4n) is 2.71. The number of carboxylic acid groups (broad SMARTS) is 1. The number of anilines is 1. The highest BCUT2D eigenvalue weighted by molar-refractivity contribution is 5.93. The zero-order valence-electron chi connectivity index (χ0n) is 11.3. The molecule has 2 aromatic rings. The predicted molar refractivity (Wildman–Crippen MR) is 78.2 cm³/mol. The number of aromatic carboxylic acids is 1. The Labute approximate surface area is 117 Å². The maximum Gasteiger partial charge on any atom is 0.339 e. The number of hydrogen-bond acceptors (Lipinski definition) is 3. The molecule has 4 nitrogen and oxygen atoms in total. The van der Waals surface area contributed by atoms with Gasteiger partial charge in [-0.1, -0.05) is 12.1 Å². The van der Waals surface area contributed by atoms with E-state index < -0.39 is 5.97 Å². The average Bonchev–Trinajstić information content (AvgIpc) is 2.93. The molecule has 1 heterocycles. The third kappa shape index (κ3) is 2.13. The van der Waals surface area contributed by atoms with Crippen molar-refractivity contribution in [3.63, 3.8) is 0 Å². The molecule has 2 N–H and O–H groups in total. The van der Waals surface area contributed by atoms with E-state index in [0.717, 1.165) is 24.1 Å². The zero-order chi connectivity index (χ0) is 14.1. The summed E-state index contributed by atoms with van der Waals surface area (Å²) in [6, 6.07) is 9.76. The molecule has 1 aliphatic rings. The minimum absolute atomic E-state index is 0.192. The standard InChI is InChI=1S/C16H16N2O2/c1-17-15-13(16(19)20)7-8-14(18-15)12-6-5-10-3-2-4-11(10)9-12/h5-9H,2-4H2,1H3,(H,17,18)(H,19,20). The van der Waals surface area contributed by atoms with Gasteiger partial charge >= 0.3 is 5.97 Å². The minimum atomic E-state index is -0.970. The van der Waals surface area contributed by atoms with Gasteiger partial charge in [0.1, 0.15) is 11.4 Å². The monoisotopic (exact) mass is 268 g/mol. The second-order valence-corrected chi connectivity index (χ2v) is 4.98. The van der Waals surface area contributed by atoms with Crippen LogP contribution < -0.4 is 5.32 Å². The van der Waals surface area contributed by atoms with E-state index in [0.29, 0.717) is 5.82 Å². The van der Waals surface area contributed by atoms with Crippen molar-refractivity contribution < 1.29 is 9.90 Å². The molecule has 20 heavy (non-hydrogen) atoms. The summed E-state index contributed by atoms with van der Waals surface area (Å²) >= 11 is 0. The average molecular weight is 268 g/mol. The van der Waals surface area contributed by atoms with E-state index in [9.17, 15) is 4.79 Å². The summed E-state index contributed by atoms with van der Waals surface area (Å²) in [7, 11) is 1.68. The molecule has 4 heteroatoms. The van der Waals surface area contributed by atoms with Crippen molar-refractivity contribution in [2.24, 2.45) is 0 Å². The third-order valence-corrected chi connectivity index (χ3v) is 3.76. The molecule has 0 aliphatic heterocycles. The summed E-state index contributed by atoms with van der Waals surface area (Å²) < 4.78 is 0. The van der Waals surface area contributed by atoms with Gasteiger partial charge in [-0.25, -0.2) is 9.78 Å². The van der Waals surface area contributed by atoms with Gasteiger partial charge in [-0.15, -0.1) is 0 Å². The normalized spacial score (nSPS) is 13.1. The van der Waals surface area contributed by atoms with Crippen LogP contribution in [0, 0.1) is 0 Å². The van der Waals surface area contributed by atoms with Gasteiger partial charge in [0.05, 0.1) is 5.69 Å². The summed E-state index contributed by atoms with van der Waals surface area (Å²) in [5.41, 5.74) is 4.84. The first-order valence-electron chi connectivity index (χ1n) is 6.73. The van der Waals surface area contributed by atoms with Gasteiger partial charge in [-0.05, 0) is 48.6 Å². The molecule has 0 radical (unpaired) electrons. The van der Waals surface area contributed by atoms with Crippen LogP contribution in [0.2, 0.25) is 0 Å². The molecule has 0 saturated carbocycles. The maximum absolute atomic E-state index is 11.1. The molecule has 0 atom stereocenters. The maximum atomic E-state index is 11.1. The summed E-state index contributed by atoms with van der Waals surface area (Å²) in [5, 5.41) is 12.0. The van der Waals surface area contributed by atoms with Gasteiger partial charge in [0.25, 0.3) is 0 Å². The Bertz CT molecular complexity index is 680. The minimum Gasteiger partial charge on any atom is -0.478 e. The number of pyridine rings is 1. The van der Waals surface area contributed by atoms with E-state index in [1.165, 1.54) is 17.5 Å². The summed E-state index contributed by atoms with van der Waals surface area (Å²) in [4.78, 5) is 15.5. The molecule has 1 aromatic carbocycles. The van der Waals surface area contributed by atoms with Crippen LogP contribution in [0.4, 0.5) is 5.82 Å². The van der Waals surface area contributed by atoms with Gasteiger partial charge in [0.2, 0.25) is 0 Å². The lowest BCUT2D eigenvalue weighted by molar-refractivity contribution is 0.0697. The first kappa shape index (κ1) is 12.7. The Morgan fingerprint density at radius 3 is 2.75 bits per heavy atom. The summed E-state index contributed by atoms with van der Waals surface area (Å²) in [6.45, 7) is 0. The van der Waals surface area contributed by atoms with E-state index >= 15 is 0 Å². The highest BCUT2D eigenvalue weighted by Gasteiger charge is 2.14. The Morgan fingerprint density at radius 2 is 2.00 bits per heavy atom. The molecule has 0 unspecified atom stereocenters. The van der Waals surface area contributed by atoms with Crippen molar-refractivity contribution in [2.45, 2.75) is 19.3 Å². The highest BCUT2D eigenvalue weighted by atomic mass is 16.4. The number of nitrogens with one attached hydrogen (secondary N) is 1. The number of carbonyl (C=O) groups is 1. The quantitative estimate of drug-likeness (QED) is 0.898. The van der Waals surface area contributed by atoms with Gasteiger partial charge in [-0.2, -0.15) is 0 Å². The van der Waals surface area contributed by atoms with Crippen LogP contribution in [0.5, 0.6) is 0 Å². The Balaban J connectivity index is 2.04. The second kappa shape index (κ2) is 4.96. The molecule has 102 valence electrons. The predicted octanol–water partition coefficient (Wildman–Crippen LogP) is 2.98. The van der Waals surface area contributed by atoms with Gasteiger partial charge in [0.15, 0.2) is 0 Å². The largest absolute Gasteiger partial charge is 0.478 e. The zero-order valence-corrected chi connectivity index (χ0v) is 11.3. The number of aromatic nitrogens is 1. The molecule has 0 saturated heterocycles. The van der Waals surface area contributed by atoms with Crippen molar-refractivity contribution in [1.82, 2.24) is 4.98 Å². The molecule has 0 fully saturated rings. The van der Waals surface area contributed by atoms with Crippen molar-refractivity contribution >= 4 is 11.8 Å². The smallest absolute Gasteiger partial charge is 0.339 e. The molecular formula is C16H16N2O2. The van der Waals surface area contributed by atoms with E-state index in [1.54, 1.807) is 19.2 Å². The molecule has 3 rings (SSSR count). The molecular weight excluding hydrogens is 252 g/mol. The number of nitrogens with zero attached hydrogens (tertiary/aromatic N) is 1. The second-order valence-electron chi connectivity index (χ2n) is 4.98. The topological polar surface area (TPSA) is 62.2 Å². The fraction of sp³-hybridized carbons (Fsp3) is 0.250. The van der Waals surface area contributed by atoms with E-state index in [1.807, 2.05) is 0 Å². The first-order chi connectivity index (χ1) is 9.69. The van der Waals surface area contributed by atoms with Crippen molar-refractivity contribution in [3.05, 3.63) is 47.0 Å². The number of benzene rings is 1. The number of carboxylic acids is 1. The molecule has 1 aliphatic carbocycles. The molecule has 1 aromatic heterocycles. The summed E-state index contributed by atoms with van der Waals surface area (Å²) in [5.74, 6) is -0.571. The lowest BCUT2D eigenvalue weighted by Gasteiger charge is -2.09. The van der Waals surface area contributed by atoms with Crippen LogP contribution in [0.1, 0.15) is 27.9 Å². The van der Waals surface area contributed by atoms with Crippen LogP contribution in [0.15, 0.2) is 30.3 Å². The Kier molecular flexibility index (Phi) is 3.14. The highest BCUT2D eigenvalue weighted by Crippen LogP contribution is 2.28. The Hall–Kier alpha value is -2.36. The lowest BCUT2D eigenvalue weighted by atomic mass is 10.0. The molecule has 0 spiro atoms. The van der Waals surface area contributed by atoms with Gasteiger partial charge in [-0.3, -0.25) is 0 Å². The SMILES string of the molecule is CNc1nc(-c2ccc3c(c2)CCC3)ccc1C(=O)O. The number of fused-ring (bicyclic) bond motifs is 1. The van der Waals surface area contributed by atoms with E-state index in [4.69, 9.17) is 5.11 Å². The van der Waals surface area contributed by atoms with E-state index in [-0.39, 0.29) is 5.56 Å². The number of hydrogen-bond donors (Lipinski definition) is 2. The van der Waals surface area contributed by atoms with Crippen molar-refractivity contribution in [1.29, 1.82) is 0 Å². The molecule has 0 amide bonds. The Morgan fingerprint density at radius 1 is 1.20 bits per heavy atom. The van der Waals surface area contributed by atoms with Crippen LogP contribution in [-0.2, 0) is 12.8 Å². The van der Waals surface area contributed by atoms with Crippen LogP contribution in [0.3, 0.4) is 0 Å². The van der Waals surface area contributed by atoms with Gasteiger partial charge < -0.3 is 10.4 Å². The molecule has 0 bridgehead atoms. The number of aryl methyl sites for hydroxylation is 2. The van der Waals surface area contributed by atoms with Gasteiger partial charge in [0, 0.05) is 12.6 Å².